The van der Waals surface area contributed by atoms with Crippen LogP contribution < -0.4 is 0 Å². The molecule has 0 aromatic heterocycles. The van der Waals surface area contributed by atoms with Crippen LogP contribution in [0.2, 0.25) is 0 Å². The number of rotatable bonds is 8. The molecule has 138 valence electrons. The van der Waals surface area contributed by atoms with Crippen LogP contribution in [0.3, 0.4) is 0 Å². The maximum atomic E-state index is 10.3. The summed E-state index contributed by atoms with van der Waals surface area (Å²) >= 11 is 0. The van der Waals surface area contributed by atoms with E-state index in [0.29, 0.717) is 19.3 Å². The normalized spacial score (nSPS) is 19.2. The molecule has 3 heteroatoms. The summed E-state index contributed by atoms with van der Waals surface area (Å²) in [5, 5.41) is 8.19. The molecule has 0 unspecified atom stereocenters. The smallest absolute Gasteiger partial charge is 0.303 e. The highest BCUT2D eigenvalue weighted by Gasteiger charge is 2.13. The molecule has 2 aliphatic carbocycles. The summed E-state index contributed by atoms with van der Waals surface area (Å²) in [5.74, 6) is 1.31. The quantitative estimate of drug-likeness (QED) is 0.442. The minimum absolute atomic E-state index is 0.130. The van der Waals surface area contributed by atoms with Crippen LogP contribution in [0.1, 0.15) is 96.8 Å². The van der Waals surface area contributed by atoms with Crippen molar-refractivity contribution in [3.05, 3.63) is 12.2 Å². The zero-order valence-electron chi connectivity index (χ0n) is 15.5. The van der Waals surface area contributed by atoms with Gasteiger partial charge in [0.2, 0.25) is 0 Å². The van der Waals surface area contributed by atoms with E-state index in [9.17, 15) is 9.59 Å². The van der Waals surface area contributed by atoms with E-state index in [0.717, 1.165) is 11.8 Å². The van der Waals surface area contributed by atoms with Crippen LogP contribution in [-0.4, -0.2) is 16.9 Å². The number of Topliss-reactive ketones (excluding diaryl/α,β-unsaturated/α-hetero) is 1. The Kier molecular flexibility index (Phi) is 11.5. The molecule has 0 heterocycles. The molecular weight excluding hydrogens is 300 g/mol. The molecule has 2 saturated carbocycles. The van der Waals surface area contributed by atoms with Gasteiger partial charge in [0.1, 0.15) is 5.78 Å². The van der Waals surface area contributed by atoms with E-state index < -0.39 is 5.97 Å². The van der Waals surface area contributed by atoms with E-state index in [1.807, 2.05) is 0 Å². The minimum Gasteiger partial charge on any atom is -0.481 e. The van der Waals surface area contributed by atoms with E-state index in [-0.39, 0.29) is 12.2 Å². The van der Waals surface area contributed by atoms with E-state index in [4.69, 9.17) is 5.11 Å². The number of ketones is 1. The van der Waals surface area contributed by atoms with Gasteiger partial charge in [-0.25, -0.2) is 0 Å². The average molecular weight is 337 g/mol. The number of carbonyl (C=O) groups excluding carboxylic acids is 1. The molecule has 2 fully saturated rings. The van der Waals surface area contributed by atoms with Gasteiger partial charge in [-0.15, -0.1) is 0 Å². The van der Waals surface area contributed by atoms with Crippen molar-refractivity contribution in [1.29, 1.82) is 0 Å². The van der Waals surface area contributed by atoms with Gasteiger partial charge >= 0.3 is 5.97 Å². The third-order valence-corrected chi connectivity index (χ3v) is 5.17. The first-order valence-corrected chi connectivity index (χ1v) is 9.96. The predicted molar refractivity (Wildman–Crippen MR) is 99.1 cm³/mol. The lowest BCUT2D eigenvalue weighted by atomic mass is 9.87. The maximum absolute atomic E-state index is 10.3. The van der Waals surface area contributed by atoms with Gasteiger partial charge in [0, 0.05) is 12.8 Å². The van der Waals surface area contributed by atoms with Crippen LogP contribution in [-0.2, 0) is 9.59 Å². The van der Waals surface area contributed by atoms with Crippen LogP contribution in [0.15, 0.2) is 12.2 Å². The Labute approximate surface area is 147 Å². The highest BCUT2D eigenvalue weighted by Crippen LogP contribution is 2.29. The molecule has 0 aliphatic heterocycles. The largest absolute Gasteiger partial charge is 0.481 e. The van der Waals surface area contributed by atoms with Crippen molar-refractivity contribution in [1.82, 2.24) is 0 Å². The van der Waals surface area contributed by atoms with Gasteiger partial charge in [-0.1, -0.05) is 57.1 Å². The van der Waals surface area contributed by atoms with E-state index >= 15 is 0 Å². The van der Waals surface area contributed by atoms with Crippen molar-refractivity contribution < 1.29 is 14.7 Å². The highest BCUT2D eigenvalue weighted by molar-refractivity contribution is 5.75. The van der Waals surface area contributed by atoms with Gasteiger partial charge in [-0.2, -0.15) is 0 Å². The van der Waals surface area contributed by atoms with Crippen molar-refractivity contribution in [3.8, 4) is 0 Å². The van der Waals surface area contributed by atoms with Crippen LogP contribution >= 0.6 is 0 Å². The second-order valence-corrected chi connectivity index (χ2v) is 7.52. The molecule has 2 rings (SSSR count). The number of allylic oxidation sites excluding steroid dienone is 2. The molecule has 3 nitrogen and oxygen atoms in total. The first-order chi connectivity index (χ1) is 11.6. The highest BCUT2D eigenvalue weighted by atomic mass is 16.4. The van der Waals surface area contributed by atoms with Gasteiger partial charge in [-0.3, -0.25) is 4.79 Å². The van der Waals surface area contributed by atoms with Crippen molar-refractivity contribution in [2.45, 2.75) is 96.8 Å². The summed E-state index contributed by atoms with van der Waals surface area (Å²) in [6.45, 7) is 1.51. The van der Waals surface area contributed by atoms with Gasteiger partial charge in [0.05, 0.1) is 0 Å². The van der Waals surface area contributed by atoms with E-state index in [1.54, 1.807) is 0 Å². The zero-order valence-corrected chi connectivity index (χ0v) is 15.5. The Morgan fingerprint density at radius 1 is 0.917 bits per heavy atom. The molecular formula is C21H36O3. The first-order valence-electron chi connectivity index (χ1n) is 9.96. The van der Waals surface area contributed by atoms with Gasteiger partial charge in [0.15, 0.2) is 0 Å². The summed E-state index contributed by atoms with van der Waals surface area (Å²) in [6.07, 6.45) is 21.7. The van der Waals surface area contributed by atoms with Crippen LogP contribution in [0, 0.1) is 11.8 Å². The number of hydrogen-bond acceptors (Lipinski definition) is 2. The van der Waals surface area contributed by atoms with Crippen LogP contribution in [0.25, 0.3) is 0 Å². The standard InChI is InChI=1S/C14H24.C7H12O3/c1-2-7-13(8-3-1)11-6-12-14-9-4-5-10-14;1-6(8)4-2-3-5-7(9)10/h6,12-14H,1-5,7-11H2;2-5H2,1H3,(H,9,10)/b12-6+;. The third kappa shape index (κ3) is 11.4. The lowest BCUT2D eigenvalue weighted by Gasteiger charge is -2.19. The molecule has 2 aliphatic rings. The molecule has 0 bridgehead atoms. The van der Waals surface area contributed by atoms with Crippen LogP contribution in [0.4, 0.5) is 0 Å². The Bertz CT molecular complexity index is 359. The fourth-order valence-corrected chi connectivity index (χ4v) is 3.69. The van der Waals surface area contributed by atoms with E-state index in [1.165, 1.54) is 71.1 Å². The average Bonchev–Trinajstić information content (AvgIpc) is 3.06. The Balaban J connectivity index is 0.000000257. The topological polar surface area (TPSA) is 54.4 Å². The molecule has 0 aromatic rings. The summed E-state index contributed by atoms with van der Waals surface area (Å²) < 4.78 is 0. The minimum atomic E-state index is -0.788. The molecule has 1 N–H and O–H groups in total. The first kappa shape index (κ1) is 20.9. The second kappa shape index (κ2) is 13.2. The van der Waals surface area contributed by atoms with Gasteiger partial charge in [-0.05, 0) is 50.9 Å². The molecule has 0 saturated heterocycles. The lowest BCUT2D eigenvalue weighted by molar-refractivity contribution is -0.137. The monoisotopic (exact) mass is 336 g/mol. The summed E-state index contributed by atoms with van der Waals surface area (Å²) in [7, 11) is 0. The van der Waals surface area contributed by atoms with Crippen molar-refractivity contribution in [2.75, 3.05) is 0 Å². The fourth-order valence-electron chi connectivity index (χ4n) is 3.69. The number of carbonyl (C=O) groups is 2. The van der Waals surface area contributed by atoms with Crippen molar-refractivity contribution in [2.24, 2.45) is 11.8 Å². The summed E-state index contributed by atoms with van der Waals surface area (Å²) in [4.78, 5) is 20.3. The van der Waals surface area contributed by atoms with E-state index in [2.05, 4.69) is 12.2 Å². The number of carboxylic acids is 1. The van der Waals surface area contributed by atoms with Crippen LogP contribution in [0.5, 0.6) is 0 Å². The lowest BCUT2D eigenvalue weighted by Crippen LogP contribution is -2.04. The second-order valence-electron chi connectivity index (χ2n) is 7.52. The SMILES string of the molecule is C(=C\C1CCCC1)/CC1CCCCC1.CC(=O)CCCCC(=O)O. The molecule has 0 spiro atoms. The summed E-state index contributed by atoms with van der Waals surface area (Å²) in [6, 6.07) is 0. The molecule has 24 heavy (non-hydrogen) atoms. The van der Waals surface area contributed by atoms with Crippen molar-refractivity contribution >= 4 is 11.8 Å². The number of unbranched alkanes of at least 4 members (excludes halogenated alkanes) is 1. The molecule has 0 atom stereocenters. The number of aliphatic carboxylic acids is 1. The number of hydrogen-bond donors (Lipinski definition) is 1. The molecule has 0 radical (unpaired) electrons. The summed E-state index contributed by atoms with van der Waals surface area (Å²) in [5.41, 5.74) is 0. The molecule has 0 amide bonds. The van der Waals surface area contributed by atoms with Gasteiger partial charge < -0.3 is 9.90 Å². The number of carboxylic acid groups (broad SMARTS) is 1. The van der Waals surface area contributed by atoms with Crippen molar-refractivity contribution in [3.63, 3.8) is 0 Å². The van der Waals surface area contributed by atoms with Gasteiger partial charge in [0.25, 0.3) is 0 Å². The fraction of sp³-hybridized carbons (Fsp3) is 0.810. The Morgan fingerprint density at radius 3 is 2.08 bits per heavy atom. The third-order valence-electron chi connectivity index (χ3n) is 5.17. The Morgan fingerprint density at radius 2 is 1.50 bits per heavy atom. The zero-order chi connectivity index (χ0) is 17.6. The predicted octanol–water partition coefficient (Wildman–Crippen LogP) is 5.92. The Hall–Kier alpha value is -1.12. The maximum Gasteiger partial charge on any atom is 0.303 e. The molecule has 0 aromatic carbocycles.